The van der Waals surface area contributed by atoms with Gasteiger partial charge in [0.2, 0.25) is 11.9 Å². The monoisotopic (exact) mass is 409 g/mol. The molecule has 30 heavy (non-hydrogen) atoms. The highest BCUT2D eigenvalue weighted by atomic mass is 16.5. The molecule has 0 spiro atoms. The van der Waals surface area contributed by atoms with E-state index in [2.05, 4.69) is 15.3 Å². The van der Waals surface area contributed by atoms with E-state index in [0.717, 1.165) is 48.2 Å². The molecule has 158 valence electrons. The maximum absolute atomic E-state index is 11.6. The van der Waals surface area contributed by atoms with Crippen molar-refractivity contribution in [1.82, 2.24) is 19.6 Å². The van der Waals surface area contributed by atoms with E-state index in [4.69, 9.17) is 9.97 Å². The summed E-state index contributed by atoms with van der Waals surface area (Å²) in [4.78, 5) is 12.0. The van der Waals surface area contributed by atoms with E-state index in [-0.39, 0.29) is 12.6 Å². The largest absolute Gasteiger partial charge is 0.619 e. The van der Waals surface area contributed by atoms with Crippen LogP contribution in [0.15, 0.2) is 30.7 Å². The lowest BCUT2D eigenvalue weighted by molar-refractivity contribution is -0.605. The van der Waals surface area contributed by atoms with Gasteiger partial charge < -0.3 is 20.5 Å². The van der Waals surface area contributed by atoms with E-state index in [0.29, 0.717) is 24.4 Å². The first-order chi connectivity index (χ1) is 14.7. The number of aliphatic hydroxyl groups excluding tert-OH is 1. The van der Waals surface area contributed by atoms with Crippen molar-refractivity contribution in [2.75, 3.05) is 23.4 Å². The summed E-state index contributed by atoms with van der Waals surface area (Å²) in [5, 5.41) is 29.0. The number of fused-ring (bicyclic) bond motifs is 1. The average molecular weight is 409 g/mol. The second-order valence-electron chi connectivity index (χ2n) is 8.24. The molecule has 9 heteroatoms. The summed E-state index contributed by atoms with van der Waals surface area (Å²) in [6.07, 6.45) is 11.3. The van der Waals surface area contributed by atoms with Crippen molar-refractivity contribution < 1.29 is 9.84 Å². The van der Waals surface area contributed by atoms with Gasteiger partial charge >= 0.3 is 0 Å². The fraction of sp³-hybridized carbons (Fsp3) is 0.524. The Bertz CT molecular complexity index is 1030. The summed E-state index contributed by atoms with van der Waals surface area (Å²) in [5.41, 5.74) is 2.89. The first-order valence-corrected chi connectivity index (χ1v) is 10.8. The number of aromatic nitrogens is 5. The molecule has 0 bridgehead atoms. The van der Waals surface area contributed by atoms with Crippen molar-refractivity contribution in [1.29, 1.82) is 0 Å². The highest BCUT2D eigenvalue weighted by Crippen LogP contribution is 2.42. The van der Waals surface area contributed by atoms with E-state index in [1.807, 2.05) is 12.3 Å². The number of nitrogens with one attached hydrogen (secondary N) is 1. The van der Waals surface area contributed by atoms with Crippen LogP contribution in [0.3, 0.4) is 0 Å². The van der Waals surface area contributed by atoms with Crippen LogP contribution in [0.4, 0.5) is 11.9 Å². The molecule has 0 aromatic carbocycles. The molecule has 2 N–H and O–H groups in total. The summed E-state index contributed by atoms with van der Waals surface area (Å²) in [7, 11) is 0. The topological polar surface area (TPSA) is 106 Å². The van der Waals surface area contributed by atoms with Gasteiger partial charge in [0, 0.05) is 42.9 Å². The SMILES string of the molecule is [O-][n+]1cccc(CNc2nc(N3CCCC[C@H]3CCO)nc3c(C4CC4)cnn23)c1. The Morgan fingerprint density at radius 2 is 2.13 bits per heavy atom. The molecule has 1 aliphatic carbocycles. The van der Waals surface area contributed by atoms with Gasteiger partial charge in [0.1, 0.15) is 0 Å². The summed E-state index contributed by atoms with van der Waals surface area (Å²) in [5.74, 6) is 1.84. The molecule has 9 nitrogen and oxygen atoms in total. The fourth-order valence-electron chi connectivity index (χ4n) is 4.31. The van der Waals surface area contributed by atoms with Crippen LogP contribution in [0.1, 0.15) is 55.6 Å². The Morgan fingerprint density at radius 3 is 2.93 bits per heavy atom. The number of nitrogens with zero attached hydrogens (tertiary/aromatic N) is 6. The molecular weight excluding hydrogens is 382 g/mol. The molecule has 4 heterocycles. The fourth-order valence-corrected chi connectivity index (χ4v) is 4.31. The lowest BCUT2D eigenvalue weighted by Gasteiger charge is -2.35. The zero-order chi connectivity index (χ0) is 20.5. The van der Waals surface area contributed by atoms with Gasteiger partial charge in [-0.15, -0.1) is 0 Å². The summed E-state index contributed by atoms with van der Waals surface area (Å²) < 4.78 is 2.57. The average Bonchev–Trinajstić information content (AvgIpc) is 3.51. The Morgan fingerprint density at radius 1 is 1.23 bits per heavy atom. The molecule has 3 aromatic rings. The van der Waals surface area contributed by atoms with E-state index in [9.17, 15) is 10.3 Å². The van der Waals surface area contributed by atoms with Crippen molar-refractivity contribution in [3.63, 3.8) is 0 Å². The molecule has 5 rings (SSSR count). The van der Waals surface area contributed by atoms with Gasteiger partial charge in [-0.25, -0.2) is 0 Å². The number of hydrogen-bond acceptors (Lipinski definition) is 7. The second kappa shape index (κ2) is 8.06. The third-order valence-corrected chi connectivity index (χ3v) is 6.03. The van der Waals surface area contributed by atoms with Gasteiger partial charge in [-0.3, -0.25) is 0 Å². The van der Waals surface area contributed by atoms with Crippen LogP contribution in [-0.2, 0) is 6.54 Å². The van der Waals surface area contributed by atoms with E-state index in [1.54, 1.807) is 16.8 Å². The van der Waals surface area contributed by atoms with Crippen molar-refractivity contribution >= 4 is 17.5 Å². The first-order valence-electron chi connectivity index (χ1n) is 10.8. The lowest BCUT2D eigenvalue weighted by Crippen LogP contribution is -2.41. The third kappa shape index (κ3) is 3.77. The summed E-state index contributed by atoms with van der Waals surface area (Å²) in [6.45, 7) is 1.52. The van der Waals surface area contributed by atoms with Crippen LogP contribution in [0.2, 0.25) is 0 Å². The summed E-state index contributed by atoms with van der Waals surface area (Å²) in [6, 6.07) is 3.89. The molecule has 1 saturated carbocycles. The van der Waals surface area contributed by atoms with Crippen molar-refractivity contribution in [3.05, 3.63) is 47.1 Å². The predicted octanol–water partition coefficient (Wildman–Crippen LogP) is 1.99. The Labute approximate surface area is 175 Å². The molecule has 1 atom stereocenters. The lowest BCUT2D eigenvalue weighted by atomic mass is 10.0. The van der Waals surface area contributed by atoms with Crippen molar-refractivity contribution in [3.8, 4) is 0 Å². The zero-order valence-electron chi connectivity index (χ0n) is 16.9. The first kappa shape index (κ1) is 19.0. The quantitative estimate of drug-likeness (QED) is 0.454. The maximum Gasteiger partial charge on any atom is 0.230 e. The standard InChI is InChI=1S/C21H27N7O2/c29-11-8-17-5-1-2-10-27(17)21-24-19-18(16-6-7-16)13-23-28(19)20(25-21)22-12-15-4-3-9-26(30)14-15/h3-4,9,13-14,16-17,29H,1-2,5-8,10-12H2,(H,22,24,25)/t17-/m0/s1. The predicted molar refractivity (Wildman–Crippen MR) is 112 cm³/mol. The molecule has 1 aliphatic heterocycles. The molecule has 3 aromatic heterocycles. The minimum Gasteiger partial charge on any atom is -0.619 e. The number of hydrogen-bond donors (Lipinski definition) is 2. The molecule has 2 aliphatic rings. The van der Waals surface area contributed by atoms with Gasteiger partial charge in [-0.2, -0.15) is 24.3 Å². The highest BCUT2D eigenvalue weighted by Gasteiger charge is 2.30. The minimum absolute atomic E-state index is 0.164. The number of rotatable bonds is 7. The maximum atomic E-state index is 11.6. The van der Waals surface area contributed by atoms with Gasteiger partial charge in [0.25, 0.3) is 0 Å². The van der Waals surface area contributed by atoms with E-state index >= 15 is 0 Å². The Balaban J connectivity index is 1.51. The summed E-state index contributed by atoms with van der Waals surface area (Å²) >= 11 is 0. The van der Waals surface area contributed by atoms with Gasteiger partial charge in [-0.1, -0.05) is 0 Å². The van der Waals surface area contributed by atoms with Crippen LogP contribution in [0, 0.1) is 5.21 Å². The van der Waals surface area contributed by atoms with Crippen LogP contribution in [0.5, 0.6) is 0 Å². The zero-order valence-corrected chi connectivity index (χ0v) is 16.9. The van der Waals surface area contributed by atoms with Crippen molar-refractivity contribution in [2.45, 2.75) is 57.0 Å². The number of pyridine rings is 1. The molecule has 1 saturated heterocycles. The number of aliphatic hydroxyl groups is 1. The molecule has 0 unspecified atom stereocenters. The number of piperidine rings is 1. The van der Waals surface area contributed by atoms with Crippen LogP contribution < -0.4 is 14.9 Å². The molecule has 0 amide bonds. The molecule has 2 fully saturated rings. The molecular formula is C21H27N7O2. The Kier molecular flexibility index (Phi) is 5.12. The van der Waals surface area contributed by atoms with Gasteiger partial charge in [-0.05, 0) is 50.5 Å². The molecule has 0 radical (unpaired) electrons. The van der Waals surface area contributed by atoms with E-state index < -0.39 is 0 Å². The normalized spacial score (nSPS) is 19.4. The van der Waals surface area contributed by atoms with Gasteiger partial charge in [0.05, 0.1) is 6.20 Å². The second-order valence-corrected chi connectivity index (χ2v) is 8.24. The van der Waals surface area contributed by atoms with Crippen LogP contribution in [-0.4, -0.2) is 43.9 Å². The van der Waals surface area contributed by atoms with Crippen LogP contribution >= 0.6 is 0 Å². The minimum atomic E-state index is 0.164. The van der Waals surface area contributed by atoms with E-state index in [1.165, 1.54) is 24.6 Å². The smallest absolute Gasteiger partial charge is 0.230 e. The van der Waals surface area contributed by atoms with Crippen molar-refractivity contribution in [2.24, 2.45) is 0 Å². The highest BCUT2D eigenvalue weighted by molar-refractivity contribution is 5.57. The third-order valence-electron chi connectivity index (χ3n) is 6.03. The van der Waals surface area contributed by atoms with Crippen LogP contribution in [0.25, 0.3) is 5.65 Å². The van der Waals surface area contributed by atoms with Gasteiger partial charge in [0.15, 0.2) is 18.0 Å². The number of anilines is 2. The Hall–Kier alpha value is -2.94.